The van der Waals surface area contributed by atoms with Crippen LogP contribution in [0.2, 0.25) is 0 Å². The maximum Gasteiger partial charge on any atom is 0.0555 e. The van der Waals surface area contributed by atoms with Crippen molar-refractivity contribution in [2.24, 2.45) is 0 Å². The maximum atomic E-state index is 2.50. The fraction of sp³-hybridized carbons (Fsp3) is 0.0811. The van der Waals surface area contributed by atoms with Crippen LogP contribution in [0.25, 0.3) is 69.6 Å². The van der Waals surface area contributed by atoms with Gasteiger partial charge in [-0.2, -0.15) is 0 Å². The molecule has 0 spiro atoms. The van der Waals surface area contributed by atoms with Gasteiger partial charge < -0.3 is 4.57 Å². The van der Waals surface area contributed by atoms with E-state index in [2.05, 4.69) is 134 Å². The number of thiophene rings is 1. The molecule has 0 N–H and O–H groups in total. The first-order chi connectivity index (χ1) is 19.1. The third kappa shape index (κ3) is 2.74. The van der Waals surface area contributed by atoms with Crippen molar-refractivity contribution in [3.05, 3.63) is 126 Å². The molecule has 0 saturated heterocycles. The number of nitrogens with zero attached hydrogens (tertiary/aromatic N) is 1. The molecule has 8 aromatic rings. The monoisotopic (exact) mass is 515 g/mol. The summed E-state index contributed by atoms with van der Waals surface area (Å²) < 4.78 is 5.17. The molecular formula is C37H25NS. The van der Waals surface area contributed by atoms with Gasteiger partial charge in [-0.3, -0.25) is 0 Å². The normalized spacial score (nSPS) is 14.1. The van der Waals surface area contributed by atoms with Gasteiger partial charge in [0.15, 0.2) is 0 Å². The Kier molecular flexibility index (Phi) is 4.07. The number of rotatable bonds is 1. The number of hydrogen-bond acceptors (Lipinski definition) is 1. The molecule has 6 aromatic carbocycles. The lowest BCUT2D eigenvalue weighted by molar-refractivity contribution is 0.661. The van der Waals surface area contributed by atoms with Crippen molar-refractivity contribution in [1.82, 2.24) is 4.57 Å². The molecule has 0 unspecified atom stereocenters. The first-order valence-corrected chi connectivity index (χ1v) is 14.4. The average Bonchev–Trinajstić information content (AvgIpc) is 3.57. The number of aromatic nitrogens is 1. The second kappa shape index (κ2) is 7.37. The Labute approximate surface area is 230 Å². The molecule has 39 heavy (non-hydrogen) atoms. The lowest BCUT2D eigenvalue weighted by atomic mass is 9.82. The Morgan fingerprint density at radius 3 is 2.21 bits per heavy atom. The fourth-order valence-electron chi connectivity index (χ4n) is 7.11. The summed E-state index contributed by atoms with van der Waals surface area (Å²) in [5, 5.41) is 7.88. The van der Waals surface area contributed by atoms with E-state index in [9.17, 15) is 0 Å². The van der Waals surface area contributed by atoms with Crippen molar-refractivity contribution in [2.45, 2.75) is 19.3 Å². The maximum absolute atomic E-state index is 2.50. The lowest BCUT2D eigenvalue weighted by Gasteiger charge is -2.21. The van der Waals surface area contributed by atoms with E-state index in [1.807, 2.05) is 11.3 Å². The Balaban J connectivity index is 1.42. The molecule has 0 aliphatic heterocycles. The SMILES string of the molecule is CC1(C)c2ccccc2-c2cc3cc4c5ccccc5n(-c5cccc6sc7ccccc7c56)c4cc3cc21. The fourth-order valence-corrected chi connectivity index (χ4v) is 8.24. The molecule has 0 saturated carbocycles. The standard InChI is InChI=1S/C37H25NS/c1-37(2)29-13-6-3-10-24(29)27-18-22-19-28-25-11-4-7-14-31(25)38(33(28)21-23(22)20-30(27)37)32-15-9-17-35-36(32)26-12-5-8-16-34(26)39-35/h3-21H,1-2H3. The molecule has 2 heteroatoms. The number of benzene rings is 6. The largest absolute Gasteiger partial charge is 0.309 e. The van der Waals surface area contributed by atoms with Crippen LogP contribution in [0.5, 0.6) is 0 Å². The second-order valence-electron chi connectivity index (χ2n) is 11.4. The number of hydrogen-bond donors (Lipinski definition) is 0. The molecule has 0 radical (unpaired) electrons. The first-order valence-electron chi connectivity index (χ1n) is 13.6. The minimum atomic E-state index is -0.0109. The zero-order chi connectivity index (χ0) is 25.9. The zero-order valence-electron chi connectivity index (χ0n) is 21.8. The van der Waals surface area contributed by atoms with E-state index in [0.29, 0.717) is 0 Å². The summed E-state index contributed by atoms with van der Waals surface area (Å²) >= 11 is 1.88. The Bertz CT molecular complexity index is 2310. The smallest absolute Gasteiger partial charge is 0.0555 e. The molecule has 0 atom stereocenters. The van der Waals surface area contributed by atoms with Gasteiger partial charge in [-0.1, -0.05) is 80.6 Å². The van der Waals surface area contributed by atoms with Crippen LogP contribution in [-0.2, 0) is 5.41 Å². The van der Waals surface area contributed by atoms with E-state index in [0.717, 1.165) is 0 Å². The molecule has 0 amide bonds. The van der Waals surface area contributed by atoms with E-state index in [-0.39, 0.29) is 5.41 Å². The summed E-state index contributed by atoms with van der Waals surface area (Å²) in [6, 6.07) is 43.1. The highest BCUT2D eigenvalue weighted by atomic mass is 32.1. The molecule has 2 heterocycles. The van der Waals surface area contributed by atoms with Crippen LogP contribution in [0, 0.1) is 0 Å². The molecular weight excluding hydrogens is 490 g/mol. The predicted octanol–water partition coefficient (Wildman–Crippen LogP) is 10.6. The highest BCUT2D eigenvalue weighted by molar-refractivity contribution is 7.25. The number of para-hydroxylation sites is 1. The topological polar surface area (TPSA) is 4.93 Å². The lowest BCUT2D eigenvalue weighted by Crippen LogP contribution is -2.14. The minimum absolute atomic E-state index is 0.0109. The van der Waals surface area contributed by atoms with Gasteiger partial charge in [0.05, 0.1) is 16.7 Å². The van der Waals surface area contributed by atoms with Crippen LogP contribution >= 0.6 is 11.3 Å². The van der Waals surface area contributed by atoms with Crippen LogP contribution in [-0.4, -0.2) is 4.57 Å². The minimum Gasteiger partial charge on any atom is -0.309 e. The molecule has 0 bridgehead atoms. The van der Waals surface area contributed by atoms with Crippen LogP contribution in [0.3, 0.4) is 0 Å². The molecule has 0 fully saturated rings. The third-order valence-corrected chi connectivity index (χ3v) is 10.1. The van der Waals surface area contributed by atoms with Crippen LogP contribution < -0.4 is 0 Å². The molecule has 9 rings (SSSR count). The van der Waals surface area contributed by atoms with Crippen LogP contribution in [0.15, 0.2) is 115 Å². The van der Waals surface area contributed by atoms with Gasteiger partial charge >= 0.3 is 0 Å². The van der Waals surface area contributed by atoms with Crippen molar-refractivity contribution >= 4 is 64.1 Å². The predicted molar refractivity (Wildman–Crippen MR) is 169 cm³/mol. The molecule has 2 aromatic heterocycles. The Morgan fingerprint density at radius 1 is 0.538 bits per heavy atom. The van der Waals surface area contributed by atoms with Gasteiger partial charge in [0, 0.05) is 36.4 Å². The Morgan fingerprint density at radius 2 is 1.28 bits per heavy atom. The zero-order valence-corrected chi connectivity index (χ0v) is 22.6. The van der Waals surface area contributed by atoms with Gasteiger partial charge in [-0.05, 0) is 81.6 Å². The summed E-state index contributed by atoms with van der Waals surface area (Å²) in [6.45, 7) is 4.73. The van der Waals surface area contributed by atoms with Crippen molar-refractivity contribution in [2.75, 3.05) is 0 Å². The Hall–Kier alpha value is -4.40. The van der Waals surface area contributed by atoms with Crippen molar-refractivity contribution in [1.29, 1.82) is 0 Å². The van der Waals surface area contributed by atoms with E-state index in [1.54, 1.807) is 0 Å². The highest BCUT2D eigenvalue weighted by Crippen LogP contribution is 2.50. The van der Waals surface area contributed by atoms with E-state index < -0.39 is 0 Å². The van der Waals surface area contributed by atoms with Gasteiger partial charge in [0.2, 0.25) is 0 Å². The summed E-state index contributed by atoms with van der Waals surface area (Å²) in [5.74, 6) is 0. The van der Waals surface area contributed by atoms with Gasteiger partial charge in [0.1, 0.15) is 0 Å². The van der Waals surface area contributed by atoms with Gasteiger partial charge in [0.25, 0.3) is 0 Å². The second-order valence-corrected chi connectivity index (χ2v) is 12.5. The van der Waals surface area contributed by atoms with Crippen LogP contribution in [0.1, 0.15) is 25.0 Å². The van der Waals surface area contributed by atoms with E-state index in [1.165, 1.54) is 80.7 Å². The summed E-state index contributed by atoms with van der Waals surface area (Å²) in [6.07, 6.45) is 0. The van der Waals surface area contributed by atoms with Crippen molar-refractivity contribution in [3.8, 4) is 16.8 Å². The van der Waals surface area contributed by atoms with E-state index >= 15 is 0 Å². The molecule has 1 aliphatic rings. The first kappa shape index (κ1) is 21.5. The average molecular weight is 516 g/mol. The van der Waals surface area contributed by atoms with Crippen molar-refractivity contribution < 1.29 is 0 Å². The third-order valence-electron chi connectivity index (χ3n) is 8.95. The number of fused-ring (bicyclic) bond motifs is 10. The molecule has 1 nitrogen and oxygen atoms in total. The van der Waals surface area contributed by atoms with Crippen LogP contribution in [0.4, 0.5) is 0 Å². The highest BCUT2D eigenvalue weighted by Gasteiger charge is 2.35. The summed E-state index contributed by atoms with van der Waals surface area (Å²) in [4.78, 5) is 0. The molecule has 184 valence electrons. The quantitative estimate of drug-likeness (QED) is 0.205. The van der Waals surface area contributed by atoms with Gasteiger partial charge in [-0.25, -0.2) is 0 Å². The molecule has 1 aliphatic carbocycles. The summed E-state index contributed by atoms with van der Waals surface area (Å²) in [7, 11) is 0. The van der Waals surface area contributed by atoms with Crippen molar-refractivity contribution in [3.63, 3.8) is 0 Å². The van der Waals surface area contributed by atoms with E-state index in [4.69, 9.17) is 0 Å². The summed E-state index contributed by atoms with van der Waals surface area (Å²) in [5.41, 5.74) is 9.35. The van der Waals surface area contributed by atoms with Gasteiger partial charge in [-0.15, -0.1) is 11.3 Å².